The Hall–Kier alpha value is -0.740. The highest BCUT2D eigenvalue weighted by Crippen LogP contribution is 2.39. The molecule has 2 rings (SSSR count). The molecule has 15 heavy (non-hydrogen) atoms. The summed E-state index contributed by atoms with van der Waals surface area (Å²) in [5.41, 5.74) is 7.64. The normalized spacial score (nSPS) is 24.8. The van der Waals surface area contributed by atoms with E-state index in [4.69, 9.17) is 10.5 Å². The minimum Gasteiger partial charge on any atom is -0.494 e. The Kier molecular flexibility index (Phi) is 2.89. The maximum absolute atomic E-state index is 13.9. The molecule has 2 atom stereocenters. The molecule has 1 aromatic rings. The number of rotatable bonds is 1. The van der Waals surface area contributed by atoms with Crippen LogP contribution in [-0.2, 0) is 5.75 Å². The molecule has 0 fully saturated rings. The number of halogens is 1. The fourth-order valence-corrected chi connectivity index (χ4v) is 2.88. The molecular weight excluding hydrogens is 213 g/mol. The number of hydrogen-bond acceptors (Lipinski definition) is 3. The fraction of sp³-hybridized carbons (Fsp3) is 0.455. The van der Waals surface area contributed by atoms with E-state index in [0.717, 1.165) is 5.56 Å². The third kappa shape index (κ3) is 1.72. The van der Waals surface area contributed by atoms with Crippen molar-refractivity contribution in [1.82, 2.24) is 0 Å². The van der Waals surface area contributed by atoms with E-state index >= 15 is 0 Å². The Morgan fingerprint density at radius 2 is 2.27 bits per heavy atom. The van der Waals surface area contributed by atoms with Gasteiger partial charge in [0.1, 0.15) is 0 Å². The molecule has 2 N–H and O–H groups in total. The van der Waals surface area contributed by atoms with Gasteiger partial charge in [0.2, 0.25) is 0 Å². The van der Waals surface area contributed by atoms with Gasteiger partial charge >= 0.3 is 0 Å². The maximum atomic E-state index is 13.9. The van der Waals surface area contributed by atoms with Gasteiger partial charge in [0, 0.05) is 22.6 Å². The van der Waals surface area contributed by atoms with Crippen molar-refractivity contribution < 1.29 is 9.13 Å². The molecule has 0 aliphatic carbocycles. The van der Waals surface area contributed by atoms with Crippen molar-refractivity contribution in [3.63, 3.8) is 0 Å². The molecule has 0 saturated carbocycles. The summed E-state index contributed by atoms with van der Waals surface area (Å²) in [4.78, 5) is 0. The van der Waals surface area contributed by atoms with Crippen LogP contribution in [0.5, 0.6) is 5.75 Å². The lowest BCUT2D eigenvalue weighted by Gasteiger charge is -2.28. The molecule has 1 aliphatic rings. The van der Waals surface area contributed by atoms with E-state index in [1.807, 2.05) is 6.07 Å². The summed E-state index contributed by atoms with van der Waals surface area (Å²) >= 11 is 1.68. The van der Waals surface area contributed by atoms with Crippen LogP contribution in [0.4, 0.5) is 4.39 Å². The van der Waals surface area contributed by atoms with Crippen molar-refractivity contribution in [3.8, 4) is 5.75 Å². The first kappa shape index (κ1) is 10.8. The summed E-state index contributed by atoms with van der Waals surface area (Å²) in [6.45, 7) is 2.07. The number of thioether (sulfide) groups is 1. The first-order valence-electron chi connectivity index (χ1n) is 4.87. The topological polar surface area (TPSA) is 35.2 Å². The number of methoxy groups -OCH3 is 1. The molecule has 1 aliphatic heterocycles. The van der Waals surface area contributed by atoms with Gasteiger partial charge in [0.15, 0.2) is 11.6 Å². The third-order valence-electron chi connectivity index (χ3n) is 2.82. The first-order valence-corrected chi connectivity index (χ1v) is 5.92. The monoisotopic (exact) mass is 227 g/mol. The highest BCUT2D eigenvalue weighted by molar-refractivity contribution is 7.99. The number of ether oxygens (including phenoxy) is 1. The maximum Gasteiger partial charge on any atom is 0.169 e. The Morgan fingerprint density at radius 1 is 1.53 bits per heavy atom. The highest BCUT2D eigenvalue weighted by atomic mass is 32.2. The smallest absolute Gasteiger partial charge is 0.169 e. The lowest BCUT2D eigenvalue weighted by Crippen LogP contribution is -2.26. The summed E-state index contributed by atoms with van der Waals surface area (Å²) in [6.07, 6.45) is 0. The summed E-state index contributed by atoms with van der Waals surface area (Å²) in [7, 11) is 1.48. The number of hydrogen-bond donors (Lipinski definition) is 1. The van der Waals surface area contributed by atoms with E-state index in [9.17, 15) is 4.39 Å². The average Bonchev–Trinajstić information content (AvgIpc) is 2.24. The van der Waals surface area contributed by atoms with E-state index < -0.39 is 0 Å². The van der Waals surface area contributed by atoms with Crippen LogP contribution < -0.4 is 10.5 Å². The Labute approximate surface area is 93.0 Å². The van der Waals surface area contributed by atoms with Gasteiger partial charge in [-0.2, -0.15) is 11.8 Å². The Bertz CT molecular complexity index is 383. The summed E-state index contributed by atoms with van der Waals surface area (Å²) in [5.74, 6) is 0.716. The average molecular weight is 227 g/mol. The molecule has 2 nitrogen and oxygen atoms in total. The number of fused-ring (bicyclic) bond motifs is 1. The van der Waals surface area contributed by atoms with Gasteiger partial charge in [-0.15, -0.1) is 0 Å². The van der Waals surface area contributed by atoms with Crippen LogP contribution in [-0.4, -0.2) is 12.4 Å². The summed E-state index contributed by atoms with van der Waals surface area (Å²) < 4.78 is 18.8. The molecule has 82 valence electrons. The second-order valence-electron chi connectivity index (χ2n) is 3.69. The van der Waals surface area contributed by atoms with E-state index in [-0.39, 0.29) is 11.9 Å². The van der Waals surface area contributed by atoms with Crippen LogP contribution in [0.2, 0.25) is 0 Å². The van der Waals surface area contributed by atoms with Crippen molar-refractivity contribution in [3.05, 3.63) is 29.1 Å². The van der Waals surface area contributed by atoms with Crippen LogP contribution in [0.25, 0.3) is 0 Å². The minimum absolute atomic E-state index is 0.0841. The molecule has 1 aromatic carbocycles. The lowest BCUT2D eigenvalue weighted by molar-refractivity contribution is 0.383. The summed E-state index contributed by atoms with van der Waals surface area (Å²) in [5, 5.41) is 0.338. The highest BCUT2D eigenvalue weighted by Gasteiger charge is 2.27. The van der Waals surface area contributed by atoms with Gasteiger partial charge in [-0.05, 0) is 11.6 Å². The largest absolute Gasteiger partial charge is 0.494 e. The third-order valence-corrected chi connectivity index (χ3v) is 4.09. The van der Waals surface area contributed by atoms with Crippen LogP contribution >= 0.6 is 11.8 Å². The zero-order valence-corrected chi connectivity index (χ0v) is 9.60. The summed E-state index contributed by atoms with van der Waals surface area (Å²) in [6, 6.07) is 3.44. The second-order valence-corrected chi connectivity index (χ2v) is 5.06. The van der Waals surface area contributed by atoms with Gasteiger partial charge in [-0.25, -0.2) is 4.39 Å². The van der Waals surface area contributed by atoms with Crippen LogP contribution in [0.15, 0.2) is 12.1 Å². The number of benzene rings is 1. The predicted octanol–water partition coefficient (Wildman–Crippen LogP) is 2.47. The zero-order chi connectivity index (χ0) is 11.0. The van der Waals surface area contributed by atoms with Crippen molar-refractivity contribution in [1.29, 1.82) is 0 Å². The van der Waals surface area contributed by atoms with Crippen molar-refractivity contribution in [2.75, 3.05) is 7.11 Å². The number of nitrogens with two attached hydrogens (primary N) is 1. The zero-order valence-electron chi connectivity index (χ0n) is 8.79. The molecule has 0 aromatic heterocycles. The van der Waals surface area contributed by atoms with Gasteiger partial charge in [0.25, 0.3) is 0 Å². The molecule has 0 saturated heterocycles. The molecular formula is C11H14FNOS. The van der Waals surface area contributed by atoms with Crippen molar-refractivity contribution in [2.24, 2.45) is 5.73 Å². The van der Waals surface area contributed by atoms with Crippen LogP contribution in [0, 0.1) is 5.82 Å². The molecule has 4 heteroatoms. The molecule has 0 bridgehead atoms. The molecule has 0 amide bonds. The van der Waals surface area contributed by atoms with Crippen LogP contribution in [0.3, 0.4) is 0 Å². The molecule has 0 spiro atoms. The van der Waals surface area contributed by atoms with E-state index in [0.29, 0.717) is 22.3 Å². The van der Waals surface area contributed by atoms with E-state index in [2.05, 4.69) is 6.92 Å². The van der Waals surface area contributed by atoms with Gasteiger partial charge in [-0.1, -0.05) is 13.0 Å². The van der Waals surface area contributed by atoms with Gasteiger partial charge in [-0.3, -0.25) is 0 Å². The second kappa shape index (κ2) is 4.02. The minimum atomic E-state index is -0.259. The molecule has 2 unspecified atom stereocenters. The first-order chi connectivity index (χ1) is 7.15. The standard InChI is InChI=1S/C11H14FNOS/c1-6-11(13)7-3-4-9(14-2)10(12)8(7)5-15-6/h3-4,6,11H,5,13H2,1-2H3. The fourth-order valence-electron chi connectivity index (χ4n) is 1.80. The molecule has 0 radical (unpaired) electrons. The van der Waals surface area contributed by atoms with Crippen molar-refractivity contribution in [2.45, 2.75) is 24.0 Å². The van der Waals surface area contributed by atoms with E-state index in [1.165, 1.54) is 7.11 Å². The lowest BCUT2D eigenvalue weighted by atomic mass is 9.98. The predicted molar refractivity (Wildman–Crippen MR) is 60.6 cm³/mol. The van der Waals surface area contributed by atoms with E-state index in [1.54, 1.807) is 17.8 Å². The SMILES string of the molecule is COc1ccc2c(c1F)CSC(C)C2N. The van der Waals surface area contributed by atoms with Crippen LogP contribution in [0.1, 0.15) is 24.1 Å². The molecule has 1 heterocycles. The Morgan fingerprint density at radius 3 is 2.93 bits per heavy atom. The Balaban J connectivity index is 2.50. The van der Waals surface area contributed by atoms with Gasteiger partial charge < -0.3 is 10.5 Å². The van der Waals surface area contributed by atoms with Gasteiger partial charge in [0.05, 0.1) is 7.11 Å². The quantitative estimate of drug-likeness (QED) is 0.800. The van der Waals surface area contributed by atoms with Crippen molar-refractivity contribution >= 4 is 11.8 Å².